The average molecular weight is 335 g/mol. The molecule has 3 rings (SSSR count). The molecular weight excluding hydrogens is 313 g/mol. The van der Waals surface area contributed by atoms with Crippen LogP contribution < -0.4 is 0 Å². The molecule has 0 saturated carbocycles. The van der Waals surface area contributed by atoms with Crippen molar-refractivity contribution in [3.05, 3.63) is 36.0 Å². The van der Waals surface area contributed by atoms with E-state index >= 15 is 0 Å². The zero-order valence-corrected chi connectivity index (χ0v) is 13.5. The van der Waals surface area contributed by atoms with Crippen molar-refractivity contribution in [2.45, 2.75) is 31.9 Å². The number of aliphatic hydroxyl groups is 1. The van der Waals surface area contributed by atoms with Gasteiger partial charge in [0.2, 0.25) is 11.7 Å². The van der Waals surface area contributed by atoms with E-state index in [1.165, 1.54) is 12.1 Å². The Labute approximate surface area is 140 Å². The molecule has 0 atom stereocenters. The van der Waals surface area contributed by atoms with Crippen molar-refractivity contribution >= 4 is 0 Å². The summed E-state index contributed by atoms with van der Waals surface area (Å²) in [4.78, 5) is 6.64. The normalized spacial score (nSPS) is 16.6. The van der Waals surface area contributed by atoms with E-state index in [1.54, 1.807) is 12.1 Å². The number of nitrogens with zero attached hydrogens (tertiary/aromatic N) is 3. The largest absolute Gasteiger partial charge is 0.396 e. The van der Waals surface area contributed by atoms with E-state index in [1.807, 2.05) is 0 Å². The predicted octanol–water partition coefficient (Wildman–Crippen LogP) is 2.24. The summed E-state index contributed by atoms with van der Waals surface area (Å²) in [6.07, 6.45) is 2.88. The van der Waals surface area contributed by atoms with E-state index in [4.69, 9.17) is 14.4 Å². The zero-order valence-electron chi connectivity index (χ0n) is 13.5. The molecule has 1 fully saturated rings. The fraction of sp³-hybridized carbons (Fsp3) is 0.529. The third-order valence-electron chi connectivity index (χ3n) is 4.12. The predicted molar refractivity (Wildman–Crippen MR) is 85.6 cm³/mol. The van der Waals surface area contributed by atoms with Crippen LogP contribution in [0.5, 0.6) is 0 Å². The lowest BCUT2D eigenvalue weighted by Gasteiger charge is -2.30. The van der Waals surface area contributed by atoms with Crippen molar-refractivity contribution in [2.75, 3.05) is 26.3 Å². The lowest BCUT2D eigenvalue weighted by atomic mass is 10.1. The summed E-state index contributed by atoms with van der Waals surface area (Å²) in [5.74, 6) is 0.757. The van der Waals surface area contributed by atoms with Gasteiger partial charge in [0.15, 0.2) is 0 Å². The Kier molecular flexibility index (Phi) is 5.90. The van der Waals surface area contributed by atoms with Gasteiger partial charge in [-0.15, -0.1) is 0 Å². The first-order valence-corrected chi connectivity index (χ1v) is 8.28. The molecule has 0 bridgehead atoms. The molecular formula is C17H22FN3O3. The van der Waals surface area contributed by atoms with Crippen LogP contribution >= 0.6 is 0 Å². The van der Waals surface area contributed by atoms with Crippen molar-refractivity contribution in [1.29, 1.82) is 0 Å². The number of piperidine rings is 1. The SMILES string of the molecule is OCCCOC1CCN(Cc2nc(-c3ccc(F)cc3)no2)CC1. The molecule has 2 heterocycles. The van der Waals surface area contributed by atoms with Gasteiger partial charge in [-0.1, -0.05) is 5.16 Å². The van der Waals surface area contributed by atoms with Crippen molar-refractivity contribution in [3.8, 4) is 11.4 Å². The second-order valence-corrected chi connectivity index (χ2v) is 5.94. The van der Waals surface area contributed by atoms with Crippen LogP contribution in [-0.2, 0) is 11.3 Å². The molecule has 1 aliphatic heterocycles. The summed E-state index contributed by atoms with van der Waals surface area (Å²) in [7, 11) is 0. The average Bonchev–Trinajstić information content (AvgIpc) is 3.06. The Morgan fingerprint density at radius 2 is 2.00 bits per heavy atom. The van der Waals surface area contributed by atoms with Gasteiger partial charge in [-0.05, 0) is 43.5 Å². The number of rotatable bonds is 7. The quantitative estimate of drug-likeness (QED) is 0.783. The van der Waals surface area contributed by atoms with Crippen molar-refractivity contribution in [1.82, 2.24) is 15.0 Å². The molecule has 0 spiro atoms. The fourth-order valence-electron chi connectivity index (χ4n) is 2.78. The second-order valence-electron chi connectivity index (χ2n) is 5.94. The highest BCUT2D eigenvalue weighted by molar-refractivity contribution is 5.53. The van der Waals surface area contributed by atoms with Crippen LogP contribution in [0.15, 0.2) is 28.8 Å². The van der Waals surface area contributed by atoms with Crippen molar-refractivity contribution < 1.29 is 18.8 Å². The summed E-state index contributed by atoms with van der Waals surface area (Å²) in [6.45, 7) is 3.23. The van der Waals surface area contributed by atoms with Gasteiger partial charge in [-0.2, -0.15) is 4.98 Å². The molecule has 130 valence electrons. The number of likely N-dealkylation sites (tertiary alicyclic amines) is 1. The second kappa shape index (κ2) is 8.32. The van der Waals surface area contributed by atoms with Crippen LogP contribution in [0.2, 0.25) is 0 Å². The van der Waals surface area contributed by atoms with Crippen LogP contribution in [0.25, 0.3) is 11.4 Å². The van der Waals surface area contributed by atoms with E-state index < -0.39 is 0 Å². The molecule has 0 unspecified atom stereocenters. The summed E-state index contributed by atoms with van der Waals surface area (Å²) in [6, 6.07) is 6.04. The Bertz CT molecular complexity index is 624. The molecule has 0 amide bonds. The minimum absolute atomic E-state index is 0.173. The molecule has 0 aliphatic carbocycles. The first-order chi connectivity index (χ1) is 11.7. The molecule has 24 heavy (non-hydrogen) atoms. The monoisotopic (exact) mass is 335 g/mol. The van der Waals surface area contributed by atoms with Gasteiger partial charge in [0.05, 0.1) is 12.6 Å². The van der Waals surface area contributed by atoms with Gasteiger partial charge < -0.3 is 14.4 Å². The van der Waals surface area contributed by atoms with Gasteiger partial charge in [-0.25, -0.2) is 4.39 Å². The Morgan fingerprint density at radius 1 is 1.25 bits per heavy atom. The maximum absolute atomic E-state index is 13.0. The summed E-state index contributed by atoms with van der Waals surface area (Å²) in [5.41, 5.74) is 0.738. The maximum Gasteiger partial charge on any atom is 0.241 e. The number of aliphatic hydroxyl groups excluding tert-OH is 1. The van der Waals surface area contributed by atoms with Crippen LogP contribution in [0.4, 0.5) is 4.39 Å². The van der Waals surface area contributed by atoms with Crippen LogP contribution in [0.3, 0.4) is 0 Å². The highest BCUT2D eigenvalue weighted by Gasteiger charge is 2.21. The number of benzene rings is 1. The Hall–Kier alpha value is -1.83. The molecule has 1 aromatic heterocycles. The Morgan fingerprint density at radius 3 is 2.71 bits per heavy atom. The van der Waals surface area contributed by atoms with E-state index in [0.717, 1.165) is 31.5 Å². The molecule has 1 N–H and O–H groups in total. The molecule has 0 radical (unpaired) electrons. The highest BCUT2D eigenvalue weighted by Crippen LogP contribution is 2.19. The van der Waals surface area contributed by atoms with Crippen LogP contribution in [0.1, 0.15) is 25.2 Å². The Balaban J connectivity index is 1.48. The number of halogens is 1. The molecule has 2 aromatic rings. The van der Waals surface area contributed by atoms with Crippen LogP contribution in [0, 0.1) is 5.82 Å². The molecule has 1 saturated heterocycles. The molecule has 1 aliphatic rings. The first-order valence-electron chi connectivity index (χ1n) is 8.28. The molecule has 1 aromatic carbocycles. The van der Waals surface area contributed by atoms with Gasteiger partial charge >= 0.3 is 0 Å². The summed E-state index contributed by atoms with van der Waals surface area (Å²) < 4.78 is 24.0. The maximum atomic E-state index is 13.0. The van der Waals surface area contributed by atoms with Gasteiger partial charge in [0.1, 0.15) is 5.82 Å². The smallest absolute Gasteiger partial charge is 0.241 e. The third kappa shape index (κ3) is 4.59. The van der Waals surface area contributed by atoms with E-state index in [9.17, 15) is 4.39 Å². The molecule has 7 heteroatoms. The number of hydrogen-bond donors (Lipinski definition) is 1. The molecule has 6 nitrogen and oxygen atoms in total. The first kappa shape index (κ1) is 17.0. The van der Waals surface area contributed by atoms with Gasteiger partial charge in [0.25, 0.3) is 0 Å². The minimum Gasteiger partial charge on any atom is -0.396 e. The number of hydrogen-bond acceptors (Lipinski definition) is 6. The van der Waals surface area contributed by atoms with Crippen molar-refractivity contribution in [3.63, 3.8) is 0 Å². The lowest BCUT2D eigenvalue weighted by Crippen LogP contribution is -2.36. The van der Waals surface area contributed by atoms with E-state index in [0.29, 0.717) is 31.3 Å². The van der Waals surface area contributed by atoms with Crippen molar-refractivity contribution in [2.24, 2.45) is 0 Å². The highest BCUT2D eigenvalue weighted by atomic mass is 19.1. The fourth-order valence-corrected chi connectivity index (χ4v) is 2.78. The van der Waals surface area contributed by atoms with Gasteiger partial charge in [0, 0.05) is 31.9 Å². The number of aromatic nitrogens is 2. The minimum atomic E-state index is -0.286. The third-order valence-corrected chi connectivity index (χ3v) is 4.12. The topological polar surface area (TPSA) is 71.6 Å². The van der Waals surface area contributed by atoms with E-state index in [-0.39, 0.29) is 18.5 Å². The number of ether oxygens (including phenoxy) is 1. The lowest BCUT2D eigenvalue weighted by molar-refractivity contribution is -0.000876. The summed E-state index contributed by atoms with van der Waals surface area (Å²) >= 11 is 0. The standard InChI is InChI=1S/C17H22FN3O3/c18-14-4-2-13(3-5-14)17-19-16(24-20-17)12-21-8-6-15(7-9-21)23-11-1-10-22/h2-5,15,22H,1,6-12H2. The van der Waals surface area contributed by atoms with Crippen LogP contribution in [-0.4, -0.2) is 52.6 Å². The van der Waals surface area contributed by atoms with E-state index in [2.05, 4.69) is 15.0 Å². The van der Waals surface area contributed by atoms with Gasteiger partial charge in [-0.3, -0.25) is 4.90 Å². The zero-order chi connectivity index (χ0) is 16.8. The summed E-state index contributed by atoms with van der Waals surface area (Å²) in [5, 5.41) is 12.7.